The molecule has 2 aromatic rings. The standard InChI is InChI=1S/C11H5Cl4N/c12-7-2-1-3-8(13)9(7)6-4-5-16-11(15)10(6)14/h1-5H. The summed E-state index contributed by atoms with van der Waals surface area (Å²) in [6, 6.07) is 6.98. The predicted molar refractivity (Wildman–Crippen MR) is 69.7 cm³/mol. The fourth-order valence-electron chi connectivity index (χ4n) is 1.37. The molecule has 1 nitrogen and oxygen atoms in total. The van der Waals surface area contributed by atoms with Gasteiger partial charge in [-0.15, -0.1) is 0 Å². The Hall–Kier alpha value is -0.470. The van der Waals surface area contributed by atoms with Crippen molar-refractivity contribution in [1.29, 1.82) is 0 Å². The summed E-state index contributed by atoms with van der Waals surface area (Å²) in [6.07, 6.45) is 1.56. The summed E-state index contributed by atoms with van der Waals surface area (Å²) in [5.41, 5.74) is 1.34. The number of halogens is 4. The molecule has 5 heteroatoms. The third kappa shape index (κ3) is 2.14. The van der Waals surface area contributed by atoms with Gasteiger partial charge in [-0.2, -0.15) is 0 Å². The Morgan fingerprint density at radius 3 is 2.12 bits per heavy atom. The van der Waals surface area contributed by atoms with Crippen molar-refractivity contribution < 1.29 is 0 Å². The Kier molecular flexibility index (Phi) is 3.60. The summed E-state index contributed by atoms with van der Waals surface area (Å²) in [6.45, 7) is 0. The second-order valence-corrected chi connectivity index (χ2v) is 4.61. The topological polar surface area (TPSA) is 12.9 Å². The highest BCUT2D eigenvalue weighted by molar-refractivity contribution is 6.45. The Morgan fingerprint density at radius 1 is 0.875 bits per heavy atom. The van der Waals surface area contributed by atoms with E-state index in [0.717, 1.165) is 0 Å². The molecule has 0 fully saturated rings. The van der Waals surface area contributed by atoms with Crippen LogP contribution >= 0.6 is 46.4 Å². The van der Waals surface area contributed by atoms with Crippen molar-refractivity contribution in [1.82, 2.24) is 4.98 Å². The third-order valence-electron chi connectivity index (χ3n) is 2.08. The molecule has 0 amide bonds. The van der Waals surface area contributed by atoms with Gasteiger partial charge in [-0.1, -0.05) is 52.5 Å². The zero-order chi connectivity index (χ0) is 11.7. The SMILES string of the molecule is Clc1cccc(Cl)c1-c1ccnc(Cl)c1Cl. The summed E-state index contributed by atoms with van der Waals surface area (Å²) in [5, 5.41) is 1.63. The molecule has 0 aliphatic rings. The van der Waals surface area contributed by atoms with Crippen molar-refractivity contribution in [2.24, 2.45) is 0 Å². The van der Waals surface area contributed by atoms with E-state index in [9.17, 15) is 0 Å². The Morgan fingerprint density at radius 2 is 1.50 bits per heavy atom. The maximum Gasteiger partial charge on any atom is 0.148 e. The predicted octanol–water partition coefficient (Wildman–Crippen LogP) is 5.36. The minimum atomic E-state index is 0.232. The third-order valence-corrected chi connectivity index (χ3v) is 3.47. The molecular formula is C11H5Cl4N. The zero-order valence-corrected chi connectivity index (χ0v) is 10.9. The van der Waals surface area contributed by atoms with Crippen LogP contribution in [0.4, 0.5) is 0 Å². The van der Waals surface area contributed by atoms with Crippen LogP contribution in [0.15, 0.2) is 30.5 Å². The van der Waals surface area contributed by atoms with Gasteiger partial charge in [-0.25, -0.2) is 4.98 Å². The highest BCUT2D eigenvalue weighted by Gasteiger charge is 2.13. The van der Waals surface area contributed by atoms with Crippen LogP contribution in [0.5, 0.6) is 0 Å². The van der Waals surface area contributed by atoms with E-state index in [2.05, 4.69) is 4.98 Å². The highest BCUT2D eigenvalue weighted by Crippen LogP contribution is 2.39. The monoisotopic (exact) mass is 291 g/mol. The summed E-state index contributed by atoms with van der Waals surface area (Å²) in [5.74, 6) is 0. The lowest BCUT2D eigenvalue weighted by Crippen LogP contribution is -1.85. The second kappa shape index (κ2) is 4.80. The van der Waals surface area contributed by atoms with Crippen LogP contribution in [-0.2, 0) is 0 Å². The van der Waals surface area contributed by atoms with E-state index in [-0.39, 0.29) is 5.15 Å². The number of nitrogens with zero attached hydrogens (tertiary/aromatic N) is 1. The molecule has 0 N–H and O–H groups in total. The lowest BCUT2D eigenvalue weighted by Gasteiger charge is -2.09. The number of aromatic nitrogens is 1. The quantitative estimate of drug-likeness (QED) is 0.645. The Balaban J connectivity index is 2.73. The smallest absolute Gasteiger partial charge is 0.148 e. The minimum Gasteiger partial charge on any atom is -0.243 e. The zero-order valence-electron chi connectivity index (χ0n) is 7.85. The van der Waals surface area contributed by atoms with Crippen LogP contribution in [0.25, 0.3) is 11.1 Å². The highest BCUT2D eigenvalue weighted by atomic mass is 35.5. The van der Waals surface area contributed by atoms with Gasteiger partial charge in [0.15, 0.2) is 0 Å². The summed E-state index contributed by atoms with van der Waals surface area (Å²) >= 11 is 24.1. The van der Waals surface area contributed by atoms with Crippen LogP contribution in [0, 0.1) is 0 Å². The van der Waals surface area contributed by atoms with Crippen molar-refractivity contribution >= 4 is 46.4 Å². The van der Waals surface area contributed by atoms with E-state index >= 15 is 0 Å². The maximum atomic E-state index is 6.08. The van der Waals surface area contributed by atoms with E-state index in [1.165, 1.54) is 0 Å². The van der Waals surface area contributed by atoms with Gasteiger partial charge < -0.3 is 0 Å². The van der Waals surface area contributed by atoms with Crippen molar-refractivity contribution in [2.75, 3.05) is 0 Å². The molecule has 82 valence electrons. The maximum absolute atomic E-state index is 6.08. The first-order chi connectivity index (χ1) is 7.61. The van der Waals surface area contributed by atoms with Crippen molar-refractivity contribution in [2.45, 2.75) is 0 Å². The van der Waals surface area contributed by atoms with E-state index in [1.807, 2.05) is 0 Å². The lowest BCUT2D eigenvalue weighted by molar-refractivity contribution is 1.33. The summed E-state index contributed by atoms with van der Waals surface area (Å²) in [4.78, 5) is 3.87. The van der Waals surface area contributed by atoms with Gasteiger partial charge in [0, 0.05) is 27.4 Å². The molecule has 1 heterocycles. The molecule has 1 aromatic carbocycles. The molecule has 0 aliphatic carbocycles. The first kappa shape index (κ1) is 12.0. The average molecular weight is 293 g/mol. The number of pyridine rings is 1. The summed E-state index contributed by atoms with van der Waals surface area (Å²) < 4.78 is 0. The average Bonchev–Trinajstić information content (AvgIpc) is 2.24. The molecule has 1 aromatic heterocycles. The van der Waals surface area contributed by atoms with Gasteiger partial charge in [0.2, 0.25) is 0 Å². The largest absolute Gasteiger partial charge is 0.243 e. The van der Waals surface area contributed by atoms with E-state index < -0.39 is 0 Å². The van der Waals surface area contributed by atoms with Gasteiger partial charge in [0.25, 0.3) is 0 Å². The molecule has 0 aliphatic heterocycles. The van der Waals surface area contributed by atoms with E-state index in [4.69, 9.17) is 46.4 Å². The van der Waals surface area contributed by atoms with Crippen LogP contribution in [0.3, 0.4) is 0 Å². The Bertz CT molecular complexity index is 519. The van der Waals surface area contributed by atoms with Crippen molar-refractivity contribution in [3.05, 3.63) is 50.7 Å². The first-order valence-electron chi connectivity index (χ1n) is 4.35. The molecule has 0 unspecified atom stereocenters. The second-order valence-electron chi connectivity index (χ2n) is 3.06. The van der Waals surface area contributed by atoms with E-state index in [1.54, 1.807) is 30.5 Å². The molecule has 16 heavy (non-hydrogen) atoms. The normalized spacial score (nSPS) is 10.5. The molecule has 0 atom stereocenters. The molecule has 0 saturated carbocycles. The fourth-order valence-corrected chi connectivity index (χ4v) is 2.33. The number of rotatable bonds is 1. The molecule has 0 radical (unpaired) electrons. The van der Waals surface area contributed by atoms with E-state index in [0.29, 0.717) is 26.2 Å². The molecular weight excluding hydrogens is 288 g/mol. The van der Waals surface area contributed by atoms with Gasteiger partial charge in [-0.05, 0) is 18.2 Å². The first-order valence-corrected chi connectivity index (χ1v) is 5.87. The van der Waals surface area contributed by atoms with Gasteiger partial charge in [0.1, 0.15) is 5.15 Å². The molecule has 0 spiro atoms. The molecule has 2 rings (SSSR count). The number of benzene rings is 1. The number of hydrogen-bond acceptors (Lipinski definition) is 1. The van der Waals surface area contributed by atoms with Crippen LogP contribution < -0.4 is 0 Å². The van der Waals surface area contributed by atoms with Gasteiger partial charge in [0.05, 0.1) is 5.02 Å². The van der Waals surface area contributed by atoms with Crippen LogP contribution in [-0.4, -0.2) is 4.98 Å². The lowest BCUT2D eigenvalue weighted by atomic mass is 10.1. The number of hydrogen-bond donors (Lipinski definition) is 0. The van der Waals surface area contributed by atoms with Crippen LogP contribution in [0.1, 0.15) is 0 Å². The van der Waals surface area contributed by atoms with Gasteiger partial charge in [-0.3, -0.25) is 0 Å². The van der Waals surface area contributed by atoms with Crippen molar-refractivity contribution in [3.8, 4) is 11.1 Å². The minimum absolute atomic E-state index is 0.232. The van der Waals surface area contributed by atoms with Gasteiger partial charge >= 0.3 is 0 Å². The Labute approximate surface area is 113 Å². The molecule has 0 bridgehead atoms. The molecule has 0 saturated heterocycles. The van der Waals surface area contributed by atoms with Crippen LogP contribution in [0.2, 0.25) is 20.2 Å². The summed E-state index contributed by atoms with van der Waals surface area (Å²) in [7, 11) is 0. The fraction of sp³-hybridized carbons (Fsp3) is 0. The van der Waals surface area contributed by atoms with Crippen molar-refractivity contribution in [3.63, 3.8) is 0 Å².